The van der Waals surface area contributed by atoms with E-state index in [9.17, 15) is 4.79 Å². The second-order valence-corrected chi connectivity index (χ2v) is 2.57. The van der Waals surface area contributed by atoms with Crippen molar-refractivity contribution < 1.29 is 4.79 Å². The first-order valence-electron chi connectivity index (χ1n) is 3.68. The van der Waals surface area contributed by atoms with Gasteiger partial charge in [-0.05, 0) is 20.2 Å². The zero-order chi connectivity index (χ0) is 9.14. The van der Waals surface area contributed by atoms with Crippen LogP contribution in [-0.2, 0) is 0 Å². The molecular weight excluding hydrogens is 151 g/mol. The summed E-state index contributed by atoms with van der Waals surface area (Å²) in [6, 6.07) is 0. The molecular formula is C8H9BN2O. The molecule has 4 heteroatoms. The van der Waals surface area contributed by atoms with Crippen LogP contribution in [-0.4, -0.2) is 23.6 Å². The summed E-state index contributed by atoms with van der Waals surface area (Å²) < 4.78 is 0. The highest BCUT2D eigenvalue weighted by Gasteiger charge is 2.08. The SMILES string of the molecule is [B]CC(=O)c1ncc(C)nc1C. The Morgan fingerprint density at radius 2 is 2.25 bits per heavy atom. The molecule has 0 spiro atoms. The van der Waals surface area contributed by atoms with E-state index in [1.165, 1.54) is 0 Å². The Labute approximate surface area is 72.6 Å². The van der Waals surface area contributed by atoms with Crippen molar-refractivity contribution in [1.82, 2.24) is 9.97 Å². The van der Waals surface area contributed by atoms with Crippen molar-refractivity contribution >= 4 is 13.6 Å². The molecule has 3 nitrogen and oxygen atoms in total. The number of nitrogens with zero attached hydrogens (tertiary/aromatic N) is 2. The zero-order valence-corrected chi connectivity index (χ0v) is 7.16. The highest BCUT2D eigenvalue weighted by atomic mass is 16.1. The molecule has 0 aliphatic carbocycles. The first-order valence-corrected chi connectivity index (χ1v) is 3.68. The Hall–Kier alpha value is -1.19. The molecule has 1 heterocycles. The van der Waals surface area contributed by atoms with E-state index in [-0.39, 0.29) is 12.1 Å². The van der Waals surface area contributed by atoms with Gasteiger partial charge < -0.3 is 0 Å². The predicted octanol–water partition coefficient (Wildman–Crippen LogP) is 0.863. The number of carbonyl (C=O) groups is 1. The molecule has 0 aliphatic heterocycles. The fourth-order valence-electron chi connectivity index (χ4n) is 0.968. The second kappa shape index (κ2) is 3.47. The van der Waals surface area contributed by atoms with E-state index < -0.39 is 0 Å². The van der Waals surface area contributed by atoms with Crippen LogP contribution in [0.2, 0.25) is 6.32 Å². The van der Waals surface area contributed by atoms with Crippen molar-refractivity contribution in [3.8, 4) is 0 Å². The molecule has 1 rings (SSSR count). The van der Waals surface area contributed by atoms with Gasteiger partial charge in [0.15, 0.2) is 5.78 Å². The number of Topliss-reactive ketones (excluding diaryl/α,β-unsaturated/α-hetero) is 1. The maximum absolute atomic E-state index is 11.1. The minimum atomic E-state index is -0.167. The van der Waals surface area contributed by atoms with E-state index in [2.05, 4.69) is 9.97 Å². The Morgan fingerprint density at radius 1 is 1.58 bits per heavy atom. The van der Waals surface area contributed by atoms with Crippen molar-refractivity contribution in [2.24, 2.45) is 0 Å². The quantitative estimate of drug-likeness (QED) is 0.476. The summed E-state index contributed by atoms with van der Waals surface area (Å²) in [4.78, 5) is 19.2. The van der Waals surface area contributed by atoms with Crippen LogP contribution >= 0.6 is 0 Å². The fraction of sp³-hybridized carbons (Fsp3) is 0.375. The third-order valence-electron chi connectivity index (χ3n) is 1.52. The van der Waals surface area contributed by atoms with E-state index in [1.807, 2.05) is 6.92 Å². The summed E-state index contributed by atoms with van der Waals surface area (Å²) >= 11 is 0. The highest BCUT2D eigenvalue weighted by Crippen LogP contribution is 2.04. The largest absolute Gasteiger partial charge is 0.293 e. The lowest BCUT2D eigenvalue weighted by Gasteiger charge is -2.01. The lowest BCUT2D eigenvalue weighted by Crippen LogP contribution is -2.06. The van der Waals surface area contributed by atoms with Crippen molar-refractivity contribution in [2.45, 2.75) is 20.2 Å². The number of aromatic nitrogens is 2. The lowest BCUT2D eigenvalue weighted by atomic mass is 9.98. The van der Waals surface area contributed by atoms with Gasteiger partial charge in [-0.1, -0.05) is 0 Å². The van der Waals surface area contributed by atoms with Gasteiger partial charge in [-0.2, -0.15) is 0 Å². The standard InChI is InChI=1S/C8H9BN2O/c1-5-4-10-8(6(2)11-5)7(12)3-9/h4H,3H2,1-2H3. The summed E-state index contributed by atoms with van der Waals surface area (Å²) in [5.41, 5.74) is 1.83. The third kappa shape index (κ3) is 1.70. The summed E-state index contributed by atoms with van der Waals surface area (Å²) in [5.74, 6) is -0.167. The number of ketones is 1. The Bertz CT molecular complexity index is 312. The molecule has 0 N–H and O–H groups in total. The van der Waals surface area contributed by atoms with Crippen LogP contribution in [0.3, 0.4) is 0 Å². The molecule has 0 saturated carbocycles. The number of carbonyl (C=O) groups excluding carboxylic acids is 1. The summed E-state index contributed by atoms with van der Waals surface area (Å²) in [6.07, 6.45) is 1.55. The van der Waals surface area contributed by atoms with Crippen LogP contribution in [0.4, 0.5) is 0 Å². The Morgan fingerprint density at radius 3 is 2.75 bits per heavy atom. The van der Waals surface area contributed by atoms with Crippen LogP contribution in [0.25, 0.3) is 0 Å². The van der Waals surface area contributed by atoms with Crippen LogP contribution in [0.1, 0.15) is 21.9 Å². The van der Waals surface area contributed by atoms with Crippen molar-refractivity contribution in [2.75, 3.05) is 0 Å². The predicted molar refractivity (Wildman–Crippen MR) is 46.4 cm³/mol. The average Bonchev–Trinajstić information content (AvgIpc) is 2.03. The molecule has 60 valence electrons. The summed E-state index contributed by atoms with van der Waals surface area (Å²) in [7, 11) is 5.19. The van der Waals surface area contributed by atoms with Crippen molar-refractivity contribution in [1.29, 1.82) is 0 Å². The molecule has 0 amide bonds. The molecule has 12 heavy (non-hydrogen) atoms. The first-order chi connectivity index (χ1) is 5.65. The number of aryl methyl sites for hydroxylation is 2. The third-order valence-corrected chi connectivity index (χ3v) is 1.52. The maximum Gasteiger partial charge on any atom is 0.174 e. The highest BCUT2D eigenvalue weighted by molar-refractivity contribution is 6.23. The van der Waals surface area contributed by atoms with Crippen molar-refractivity contribution in [3.63, 3.8) is 0 Å². The van der Waals surface area contributed by atoms with Crippen LogP contribution in [0.15, 0.2) is 6.20 Å². The summed E-state index contributed by atoms with van der Waals surface area (Å²) in [6.45, 7) is 3.58. The Kier molecular flexibility index (Phi) is 2.58. The lowest BCUT2D eigenvalue weighted by molar-refractivity contribution is 0.101. The van der Waals surface area contributed by atoms with Crippen LogP contribution in [0, 0.1) is 13.8 Å². The topological polar surface area (TPSA) is 42.9 Å². The normalized spacial score (nSPS) is 9.83. The molecule has 0 unspecified atom stereocenters. The minimum absolute atomic E-state index is 0.0153. The van der Waals surface area contributed by atoms with Crippen LogP contribution in [0.5, 0.6) is 0 Å². The molecule has 0 bridgehead atoms. The van der Waals surface area contributed by atoms with Gasteiger partial charge in [0, 0.05) is 6.20 Å². The molecule has 1 aromatic heterocycles. The molecule has 0 aromatic carbocycles. The van der Waals surface area contributed by atoms with E-state index in [4.69, 9.17) is 7.85 Å². The Balaban J connectivity index is 3.09. The van der Waals surface area contributed by atoms with Gasteiger partial charge in [0.2, 0.25) is 0 Å². The second-order valence-electron chi connectivity index (χ2n) is 2.57. The summed E-state index contributed by atoms with van der Waals surface area (Å²) in [5, 5.41) is 0. The monoisotopic (exact) mass is 160 g/mol. The van der Waals surface area contributed by atoms with Gasteiger partial charge in [0.05, 0.1) is 19.2 Å². The zero-order valence-electron chi connectivity index (χ0n) is 7.16. The molecule has 0 atom stereocenters. The average molecular weight is 160 g/mol. The first kappa shape index (κ1) is 8.91. The van der Waals surface area contributed by atoms with E-state index in [0.717, 1.165) is 5.69 Å². The van der Waals surface area contributed by atoms with Crippen LogP contribution < -0.4 is 0 Å². The minimum Gasteiger partial charge on any atom is -0.293 e. The van der Waals surface area contributed by atoms with Gasteiger partial charge in [0.25, 0.3) is 0 Å². The number of rotatable bonds is 2. The van der Waals surface area contributed by atoms with E-state index >= 15 is 0 Å². The van der Waals surface area contributed by atoms with Gasteiger partial charge in [-0.25, -0.2) is 4.98 Å². The fourth-order valence-corrected chi connectivity index (χ4v) is 0.968. The number of hydrogen-bond donors (Lipinski definition) is 0. The van der Waals surface area contributed by atoms with Crippen molar-refractivity contribution in [3.05, 3.63) is 23.3 Å². The van der Waals surface area contributed by atoms with E-state index in [1.54, 1.807) is 13.1 Å². The molecule has 0 aliphatic rings. The maximum atomic E-state index is 11.1. The van der Waals surface area contributed by atoms with Gasteiger partial charge in [-0.3, -0.25) is 9.78 Å². The molecule has 1 aromatic rings. The van der Waals surface area contributed by atoms with Gasteiger partial charge in [0.1, 0.15) is 5.69 Å². The molecule has 2 radical (unpaired) electrons. The number of hydrogen-bond acceptors (Lipinski definition) is 3. The molecule has 0 fully saturated rings. The van der Waals surface area contributed by atoms with E-state index in [0.29, 0.717) is 11.4 Å². The van der Waals surface area contributed by atoms with Gasteiger partial charge >= 0.3 is 0 Å². The smallest absolute Gasteiger partial charge is 0.174 e. The molecule has 0 saturated heterocycles. The van der Waals surface area contributed by atoms with Gasteiger partial charge in [-0.15, -0.1) is 0 Å².